The molecule has 3 aliphatic rings. The second-order valence-electron chi connectivity index (χ2n) is 4.42. The van der Waals surface area contributed by atoms with E-state index in [1.54, 1.807) is 24.3 Å². The number of ether oxygens (including phenoxy) is 4. The minimum atomic E-state index is -1.20. The number of carbonyl (C=O) groups excluding carboxylic acids is 1. The Labute approximate surface area is 105 Å². The minimum Gasteiger partial charge on any atom is -0.453 e. The van der Waals surface area contributed by atoms with Gasteiger partial charge in [-0.05, 0) is 12.1 Å². The molecule has 4 rings (SSSR count). The lowest BCUT2D eigenvalue weighted by Crippen LogP contribution is -2.56. The fourth-order valence-electron chi connectivity index (χ4n) is 1.94. The molecule has 18 heavy (non-hydrogen) atoms. The van der Waals surface area contributed by atoms with Crippen LogP contribution in [0.4, 0.5) is 0 Å². The molecule has 0 N–H and O–H groups in total. The van der Waals surface area contributed by atoms with Gasteiger partial charge in [-0.1, -0.05) is 18.2 Å². The zero-order valence-corrected chi connectivity index (χ0v) is 9.83. The molecule has 3 saturated heterocycles. The van der Waals surface area contributed by atoms with Crippen molar-refractivity contribution in [1.82, 2.24) is 0 Å². The lowest BCUT2D eigenvalue weighted by Gasteiger charge is -2.44. The molecular weight excluding hydrogens is 236 g/mol. The summed E-state index contributed by atoms with van der Waals surface area (Å²) in [6, 6.07) is 8.79. The first-order chi connectivity index (χ1) is 8.77. The van der Waals surface area contributed by atoms with E-state index in [-0.39, 0.29) is 12.5 Å². The van der Waals surface area contributed by atoms with E-state index in [1.807, 2.05) is 6.07 Å². The van der Waals surface area contributed by atoms with E-state index in [2.05, 4.69) is 0 Å². The average Bonchev–Trinajstić information content (AvgIpc) is 2.48. The van der Waals surface area contributed by atoms with Crippen LogP contribution in [0, 0.1) is 5.92 Å². The molecule has 5 nitrogen and oxygen atoms in total. The fraction of sp³-hybridized carbons (Fsp3) is 0.462. The SMILES string of the molecule is O=C(OCC12OCC(CO1)CO2)c1ccccc1. The largest absolute Gasteiger partial charge is 0.453 e. The van der Waals surface area contributed by atoms with E-state index < -0.39 is 11.9 Å². The summed E-state index contributed by atoms with van der Waals surface area (Å²) >= 11 is 0. The molecule has 0 aromatic heterocycles. The van der Waals surface area contributed by atoms with Gasteiger partial charge in [-0.3, -0.25) is 0 Å². The van der Waals surface area contributed by atoms with E-state index in [1.165, 1.54) is 0 Å². The highest BCUT2D eigenvalue weighted by Gasteiger charge is 2.46. The van der Waals surface area contributed by atoms with Crippen molar-refractivity contribution < 1.29 is 23.7 Å². The highest BCUT2D eigenvalue weighted by atomic mass is 16.9. The molecule has 0 saturated carbocycles. The Kier molecular flexibility index (Phi) is 3.03. The Morgan fingerprint density at radius 3 is 2.39 bits per heavy atom. The molecule has 0 amide bonds. The molecule has 2 bridgehead atoms. The maximum absolute atomic E-state index is 11.8. The second kappa shape index (κ2) is 4.68. The van der Waals surface area contributed by atoms with Gasteiger partial charge in [0.1, 0.15) is 0 Å². The molecule has 0 unspecified atom stereocenters. The van der Waals surface area contributed by atoms with Crippen LogP contribution >= 0.6 is 0 Å². The summed E-state index contributed by atoms with van der Waals surface area (Å²) in [6.07, 6.45) is 0. The van der Waals surface area contributed by atoms with Crippen LogP contribution in [0.25, 0.3) is 0 Å². The summed E-state index contributed by atoms with van der Waals surface area (Å²) in [7, 11) is 0. The number of carbonyl (C=O) groups is 1. The first-order valence-corrected chi connectivity index (χ1v) is 5.91. The van der Waals surface area contributed by atoms with Gasteiger partial charge in [-0.2, -0.15) is 0 Å². The van der Waals surface area contributed by atoms with E-state index in [9.17, 15) is 4.79 Å². The first kappa shape index (κ1) is 11.6. The van der Waals surface area contributed by atoms with Crippen LogP contribution in [-0.4, -0.2) is 38.4 Å². The Balaban J connectivity index is 1.59. The molecule has 0 spiro atoms. The smallest absolute Gasteiger partial charge is 0.338 e. The van der Waals surface area contributed by atoms with Gasteiger partial charge in [-0.15, -0.1) is 0 Å². The summed E-state index contributed by atoms with van der Waals surface area (Å²) in [5, 5.41) is 0. The van der Waals surface area contributed by atoms with Gasteiger partial charge in [0, 0.05) is 5.92 Å². The minimum absolute atomic E-state index is 0.0482. The zero-order valence-electron chi connectivity index (χ0n) is 9.83. The Bertz CT molecular complexity index is 408. The highest BCUT2D eigenvalue weighted by molar-refractivity contribution is 5.89. The van der Waals surface area contributed by atoms with Gasteiger partial charge < -0.3 is 18.9 Å². The van der Waals surface area contributed by atoms with Crippen molar-refractivity contribution in [3.05, 3.63) is 35.9 Å². The molecule has 96 valence electrons. The zero-order chi connectivity index (χ0) is 12.4. The molecule has 0 atom stereocenters. The van der Waals surface area contributed by atoms with E-state index in [4.69, 9.17) is 18.9 Å². The van der Waals surface area contributed by atoms with Crippen LogP contribution in [0.15, 0.2) is 30.3 Å². The molecule has 3 heterocycles. The van der Waals surface area contributed by atoms with Crippen LogP contribution in [0.5, 0.6) is 0 Å². The summed E-state index contributed by atoms with van der Waals surface area (Å²) in [4.78, 5) is 11.8. The van der Waals surface area contributed by atoms with Crippen molar-refractivity contribution in [2.75, 3.05) is 26.4 Å². The van der Waals surface area contributed by atoms with Gasteiger partial charge in [-0.25, -0.2) is 4.79 Å². The van der Waals surface area contributed by atoms with Gasteiger partial charge >= 0.3 is 11.9 Å². The average molecular weight is 250 g/mol. The quantitative estimate of drug-likeness (QED) is 0.754. The van der Waals surface area contributed by atoms with Crippen molar-refractivity contribution in [2.45, 2.75) is 5.97 Å². The number of esters is 1. The molecule has 3 fully saturated rings. The van der Waals surface area contributed by atoms with E-state index >= 15 is 0 Å². The highest BCUT2D eigenvalue weighted by Crippen LogP contribution is 2.30. The molecule has 3 aliphatic heterocycles. The van der Waals surface area contributed by atoms with Crippen molar-refractivity contribution in [2.24, 2.45) is 5.92 Å². The monoisotopic (exact) mass is 250 g/mol. The normalized spacial score (nSPS) is 30.1. The van der Waals surface area contributed by atoms with Crippen molar-refractivity contribution in [3.8, 4) is 0 Å². The lowest BCUT2D eigenvalue weighted by atomic mass is 10.1. The summed E-state index contributed by atoms with van der Waals surface area (Å²) in [5.41, 5.74) is 0.499. The Morgan fingerprint density at radius 1 is 1.17 bits per heavy atom. The second-order valence-corrected chi connectivity index (χ2v) is 4.42. The number of hydrogen-bond acceptors (Lipinski definition) is 5. The van der Waals surface area contributed by atoms with Crippen molar-refractivity contribution in [3.63, 3.8) is 0 Å². The third-order valence-corrected chi connectivity index (χ3v) is 3.01. The molecule has 1 aromatic rings. The van der Waals surface area contributed by atoms with Gasteiger partial charge in [0.05, 0.1) is 25.4 Å². The molecule has 5 heteroatoms. The van der Waals surface area contributed by atoms with E-state index in [0.29, 0.717) is 25.4 Å². The van der Waals surface area contributed by atoms with Crippen molar-refractivity contribution >= 4 is 5.97 Å². The first-order valence-electron chi connectivity index (χ1n) is 5.91. The van der Waals surface area contributed by atoms with Crippen LogP contribution in [-0.2, 0) is 18.9 Å². The van der Waals surface area contributed by atoms with Crippen molar-refractivity contribution in [1.29, 1.82) is 0 Å². The lowest BCUT2D eigenvalue weighted by molar-refractivity contribution is -0.454. The molecule has 1 aromatic carbocycles. The Hall–Kier alpha value is -1.43. The number of benzene rings is 1. The van der Waals surface area contributed by atoms with Crippen LogP contribution in [0.1, 0.15) is 10.4 Å². The maximum atomic E-state index is 11.8. The van der Waals surface area contributed by atoms with Crippen LogP contribution < -0.4 is 0 Å². The fourth-order valence-corrected chi connectivity index (χ4v) is 1.94. The summed E-state index contributed by atoms with van der Waals surface area (Å²) in [5.74, 6) is -1.32. The standard InChI is InChI=1S/C13H14O5/c14-12(11-4-2-1-3-5-11)15-9-13-16-6-10(7-17-13)8-18-13/h1-5,10H,6-9H2. The Morgan fingerprint density at radius 2 is 1.78 bits per heavy atom. The molecule has 0 radical (unpaired) electrons. The summed E-state index contributed by atoms with van der Waals surface area (Å²) < 4.78 is 21.5. The summed E-state index contributed by atoms with van der Waals surface area (Å²) in [6.45, 7) is 1.71. The number of fused-ring (bicyclic) bond motifs is 3. The predicted molar refractivity (Wildman–Crippen MR) is 60.8 cm³/mol. The third kappa shape index (κ3) is 2.25. The van der Waals surface area contributed by atoms with Crippen LogP contribution in [0.3, 0.4) is 0 Å². The predicted octanol–water partition coefficient (Wildman–Crippen LogP) is 1.19. The van der Waals surface area contributed by atoms with Gasteiger partial charge in [0.15, 0.2) is 6.61 Å². The number of rotatable bonds is 3. The van der Waals surface area contributed by atoms with Gasteiger partial charge in [0.2, 0.25) is 0 Å². The maximum Gasteiger partial charge on any atom is 0.338 e. The molecule has 0 aliphatic carbocycles. The van der Waals surface area contributed by atoms with E-state index in [0.717, 1.165) is 0 Å². The third-order valence-electron chi connectivity index (χ3n) is 3.01. The van der Waals surface area contributed by atoms with Crippen LogP contribution in [0.2, 0.25) is 0 Å². The topological polar surface area (TPSA) is 54.0 Å². The number of hydrogen-bond donors (Lipinski definition) is 0. The van der Waals surface area contributed by atoms with Gasteiger partial charge in [0.25, 0.3) is 0 Å². The molecular formula is C13H14O5.